The zero-order chi connectivity index (χ0) is 17.1. The van der Waals surface area contributed by atoms with E-state index >= 15 is 0 Å². The Bertz CT molecular complexity index is 842. The van der Waals surface area contributed by atoms with Crippen LogP contribution in [0.1, 0.15) is 18.1 Å². The predicted octanol–water partition coefficient (Wildman–Crippen LogP) is 4.27. The molecule has 1 aromatic carbocycles. The van der Waals surface area contributed by atoms with Gasteiger partial charge in [0, 0.05) is 5.69 Å². The fourth-order valence-electron chi connectivity index (χ4n) is 2.22. The number of anilines is 1. The first-order valence-corrected chi connectivity index (χ1v) is 9.30. The average molecular weight is 358 g/mol. The van der Waals surface area contributed by atoms with Crippen LogP contribution in [0.25, 0.3) is 10.7 Å². The van der Waals surface area contributed by atoms with Gasteiger partial charge in [0.2, 0.25) is 11.1 Å². The Kier molecular flexibility index (Phi) is 5.01. The minimum Gasteiger partial charge on any atom is -0.325 e. The topological polar surface area (TPSA) is 70.7 Å². The van der Waals surface area contributed by atoms with Crippen molar-refractivity contribution in [2.45, 2.75) is 31.2 Å². The summed E-state index contributed by atoms with van der Waals surface area (Å²) >= 11 is 2.93. The van der Waals surface area contributed by atoms with E-state index in [1.807, 2.05) is 50.4 Å². The normalized spacial score (nSPS) is 12.1. The number of nitrogens with one attached hydrogen (secondary N) is 2. The van der Waals surface area contributed by atoms with Gasteiger partial charge in [0.05, 0.1) is 10.1 Å². The van der Waals surface area contributed by atoms with Crippen LogP contribution in [0.4, 0.5) is 5.69 Å². The molecule has 0 saturated carbocycles. The smallest absolute Gasteiger partial charge is 0.237 e. The molecular formula is C17H18N4OS2. The van der Waals surface area contributed by atoms with Crippen molar-refractivity contribution in [2.24, 2.45) is 0 Å². The van der Waals surface area contributed by atoms with Crippen LogP contribution in [0, 0.1) is 13.8 Å². The van der Waals surface area contributed by atoms with Crippen LogP contribution < -0.4 is 5.32 Å². The first kappa shape index (κ1) is 16.7. The molecule has 0 bridgehead atoms. The van der Waals surface area contributed by atoms with Gasteiger partial charge in [-0.25, -0.2) is 4.98 Å². The van der Waals surface area contributed by atoms with Crippen LogP contribution in [-0.2, 0) is 4.79 Å². The van der Waals surface area contributed by atoms with Crippen LogP contribution in [0.3, 0.4) is 0 Å². The van der Waals surface area contributed by atoms with E-state index < -0.39 is 0 Å². The quantitative estimate of drug-likeness (QED) is 0.668. The first-order chi connectivity index (χ1) is 11.5. The van der Waals surface area contributed by atoms with E-state index in [1.165, 1.54) is 17.3 Å². The van der Waals surface area contributed by atoms with Crippen LogP contribution in [0.15, 0.2) is 40.9 Å². The van der Waals surface area contributed by atoms with Crippen molar-refractivity contribution in [3.05, 3.63) is 46.8 Å². The maximum atomic E-state index is 12.4. The maximum Gasteiger partial charge on any atom is 0.237 e. The Morgan fingerprint density at radius 3 is 2.88 bits per heavy atom. The van der Waals surface area contributed by atoms with E-state index in [2.05, 4.69) is 26.6 Å². The molecule has 0 aliphatic carbocycles. The number of H-pyrrole nitrogens is 1. The molecule has 2 N–H and O–H groups in total. The largest absolute Gasteiger partial charge is 0.325 e. The highest BCUT2D eigenvalue weighted by Crippen LogP contribution is 2.26. The highest BCUT2D eigenvalue weighted by atomic mass is 32.2. The van der Waals surface area contributed by atoms with E-state index in [-0.39, 0.29) is 11.2 Å². The summed E-state index contributed by atoms with van der Waals surface area (Å²) in [6.07, 6.45) is 0. The number of rotatable bonds is 5. The average Bonchev–Trinajstić information content (AvgIpc) is 3.20. The minimum atomic E-state index is -0.294. The summed E-state index contributed by atoms with van der Waals surface area (Å²) in [4.78, 5) is 17.9. The lowest BCUT2D eigenvalue weighted by atomic mass is 10.1. The van der Waals surface area contributed by atoms with E-state index in [0.717, 1.165) is 22.0 Å². The molecule has 24 heavy (non-hydrogen) atoms. The third kappa shape index (κ3) is 3.85. The van der Waals surface area contributed by atoms with E-state index in [1.54, 1.807) is 11.3 Å². The van der Waals surface area contributed by atoms with Crippen LogP contribution in [0.5, 0.6) is 0 Å². The molecule has 3 aromatic rings. The van der Waals surface area contributed by atoms with Gasteiger partial charge in [0.15, 0.2) is 5.82 Å². The van der Waals surface area contributed by atoms with Crippen LogP contribution in [-0.4, -0.2) is 26.3 Å². The molecule has 1 unspecified atom stereocenters. The minimum absolute atomic E-state index is 0.0607. The van der Waals surface area contributed by atoms with Crippen molar-refractivity contribution in [3.63, 3.8) is 0 Å². The Labute approximate surface area is 148 Å². The third-order valence-corrected chi connectivity index (χ3v) is 5.35. The summed E-state index contributed by atoms with van der Waals surface area (Å²) in [5, 5.41) is 12.3. The highest BCUT2D eigenvalue weighted by Gasteiger charge is 2.18. The van der Waals surface area contributed by atoms with Crippen LogP contribution >= 0.6 is 23.1 Å². The number of aromatic nitrogens is 3. The van der Waals surface area contributed by atoms with Crippen molar-refractivity contribution in [3.8, 4) is 10.7 Å². The molecule has 5 nitrogen and oxygen atoms in total. The number of carbonyl (C=O) groups excluding carboxylic acids is 1. The van der Waals surface area contributed by atoms with Gasteiger partial charge in [-0.1, -0.05) is 35.5 Å². The lowest BCUT2D eigenvalue weighted by Crippen LogP contribution is -2.23. The number of benzene rings is 1. The van der Waals surface area contributed by atoms with Crippen molar-refractivity contribution < 1.29 is 4.79 Å². The number of carbonyl (C=O) groups is 1. The van der Waals surface area contributed by atoms with E-state index in [4.69, 9.17) is 0 Å². The van der Waals surface area contributed by atoms with Gasteiger partial charge >= 0.3 is 0 Å². The van der Waals surface area contributed by atoms with Gasteiger partial charge < -0.3 is 5.32 Å². The number of amides is 1. The second-order valence-corrected chi connectivity index (χ2v) is 7.77. The van der Waals surface area contributed by atoms with Gasteiger partial charge in [0.1, 0.15) is 0 Å². The van der Waals surface area contributed by atoms with Gasteiger partial charge in [-0.15, -0.1) is 16.4 Å². The standard InChI is InChI=1S/C17H18N4OS2/c1-10-6-7-13(11(2)9-10)18-16(22)12(3)24-17-19-15(20-21-17)14-5-4-8-23-14/h4-9,12H,1-3H3,(H,18,22)(H,19,20,21). The number of aryl methyl sites for hydroxylation is 2. The maximum absolute atomic E-state index is 12.4. The summed E-state index contributed by atoms with van der Waals surface area (Å²) in [7, 11) is 0. The first-order valence-electron chi connectivity index (χ1n) is 7.54. The zero-order valence-corrected chi connectivity index (χ0v) is 15.3. The number of thiophene rings is 1. The second kappa shape index (κ2) is 7.19. The zero-order valence-electron chi connectivity index (χ0n) is 13.7. The highest BCUT2D eigenvalue weighted by molar-refractivity contribution is 8.00. The molecule has 1 atom stereocenters. The monoisotopic (exact) mass is 358 g/mol. The predicted molar refractivity (Wildman–Crippen MR) is 99.6 cm³/mol. The number of nitrogens with zero attached hydrogens (tertiary/aromatic N) is 2. The fraction of sp³-hybridized carbons (Fsp3) is 0.235. The Morgan fingerprint density at radius 1 is 1.33 bits per heavy atom. The number of thioether (sulfide) groups is 1. The summed E-state index contributed by atoms with van der Waals surface area (Å²) in [5.74, 6) is 0.670. The Balaban J connectivity index is 1.64. The molecule has 0 fully saturated rings. The van der Waals surface area contributed by atoms with E-state index in [0.29, 0.717) is 5.16 Å². The molecule has 1 amide bonds. The van der Waals surface area contributed by atoms with Gasteiger partial charge in [0.25, 0.3) is 0 Å². The molecule has 3 rings (SSSR count). The molecule has 0 radical (unpaired) electrons. The molecule has 7 heteroatoms. The van der Waals surface area contributed by atoms with Crippen molar-refractivity contribution in [2.75, 3.05) is 5.32 Å². The third-order valence-electron chi connectivity index (χ3n) is 3.51. The fourth-order valence-corrected chi connectivity index (χ4v) is 3.61. The van der Waals surface area contributed by atoms with Crippen molar-refractivity contribution in [1.29, 1.82) is 0 Å². The molecule has 2 heterocycles. The van der Waals surface area contributed by atoms with Gasteiger partial charge in [-0.3, -0.25) is 9.89 Å². The van der Waals surface area contributed by atoms with Gasteiger partial charge in [-0.2, -0.15) is 0 Å². The molecule has 124 valence electrons. The van der Waals surface area contributed by atoms with Gasteiger partial charge in [-0.05, 0) is 43.8 Å². The Hall–Kier alpha value is -2.12. The Morgan fingerprint density at radius 2 is 2.17 bits per heavy atom. The lowest BCUT2D eigenvalue weighted by Gasteiger charge is -2.12. The summed E-state index contributed by atoms with van der Waals surface area (Å²) in [6.45, 7) is 5.87. The SMILES string of the molecule is Cc1ccc(NC(=O)C(C)Sc2n[nH]c(-c3cccs3)n2)c(C)c1. The summed E-state index contributed by atoms with van der Waals surface area (Å²) < 4.78 is 0. The molecule has 2 aromatic heterocycles. The molecule has 0 aliphatic heterocycles. The second-order valence-electron chi connectivity index (χ2n) is 5.51. The van der Waals surface area contributed by atoms with Crippen LogP contribution in [0.2, 0.25) is 0 Å². The number of aromatic amines is 1. The molecular weight excluding hydrogens is 340 g/mol. The van der Waals surface area contributed by atoms with E-state index in [9.17, 15) is 4.79 Å². The summed E-state index contributed by atoms with van der Waals surface area (Å²) in [5.41, 5.74) is 3.07. The number of hydrogen-bond donors (Lipinski definition) is 2. The molecule has 0 spiro atoms. The van der Waals surface area contributed by atoms with Crippen molar-refractivity contribution in [1.82, 2.24) is 15.2 Å². The van der Waals surface area contributed by atoms with Crippen molar-refractivity contribution >= 4 is 34.7 Å². The summed E-state index contributed by atoms with van der Waals surface area (Å²) in [6, 6.07) is 9.92. The molecule has 0 saturated heterocycles. The molecule has 0 aliphatic rings. The number of hydrogen-bond acceptors (Lipinski definition) is 5. The lowest BCUT2D eigenvalue weighted by molar-refractivity contribution is -0.115.